The third-order valence-corrected chi connectivity index (χ3v) is 5.59. The summed E-state index contributed by atoms with van der Waals surface area (Å²) in [5, 5.41) is 4.09. The van der Waals surface area contributed by atoms with Crippen molar-refractivity contribution in [3.05, 3.63) is 11.2 Å². The average molecular weight is 281 g/mol. The van der Waals surface area contributed by atoms with E-state index in [0.717, 1.165) is 5.92 Å². The molecule has 2 bridgehead atoms. The molecule has 19 heavy (non-hydrogen) atoms. The Bertz CT molecular complexity index is 511. The van der Waals surface area contributed by atoms with Crippen molar-refractivity contribution in [2.24, 2.45) is 16.7 Å². The summed E-state index contributed by atoms with van der Waals surface area (Å²) < 4.78 is 0. The molecule has 5 heteroatoms. The van der Waals surface area contributed by atoms with Crippen LogP contribution in [0.3, 0.4) is 0 Å². The van der Waals surface area contributed by atoms with Crippen molar-refractivity contribution in [1.82, 2.24) is 9.97 Å². The number of nitrogens with one attached hydrogen (secondary N) is 1. The lowest BCUT2D eigenvalue weighted by Gasteiger charge is -2.43. The quantitative estimate of drug-likeness (QED) is 0.872. The maximum atomic E-state index is 6.17. The Morgan fingerprint density at radius 1 is 1.42 bits per heavy atom. The van der Waals surface area contributed by atoms with Gasteiger partial charge in [0, 0.05) is 6.04 Å². The number of nitrogens with two attached hydrogens (primary N) is 1. The molecule has 104 valence electrons. The van der Waals surface area contributed by atoms with E-state index in [4.69, 9.17) is 17.3 Å². The predicted molar refractivity (Wildman–Crippen MR) is 78.1 cm³/mol. The van der Waals surface area contributed by atoms with Crippen LogP contribution in [0.1, 0.15) is 40.0 Å². The minimum absolute atomic E-state index is 0.260. The maximum Gasteiger partial charge on any atom is 0.222 e. The minimum atomic E-state index is 0.260. The molecular weight excluding hydrogens is 260 g/mol. The number of anilines is 2. The SMILES string of the molecule is CC12CCC(C1)C(C)(C)C2Nc1nc(N)ncc1Cl. The van der Waals surface area contributed by atoms with Crippen LogP contribution >= 0.6 is 11.6 Å². The smallest absolute Gasteiger partial charge is 0.222 e. The number of fused-ring (bicyclic) bond motifs is 2. The van der Waals surface area contributed by atoms with Gasteiger partial charge in [0.05, 0.1) is 6.20 Å². The standard InChI is InChI=1S/C14H21ClN4/c1-13(2)8-4-5-14(3,6-8)11(13)18-10-9(15)7-17-12(16)19-10/h7-8,11H,4-6H2,1-3H3,(H3,16,17,18,19). The van der Waals surface area contributed by atoms with Gasteiger partial charge in [-0.3, -0.25) is 0 Å². The zero-order valence-corrected chi connectivity index (χ0v) is 12.5. The highest BCUT2D eigenvalue weighted by atomic mass is 35.5. The summed E-state index contributed by atoms with van der Waals surface area (Å²) in [6, 6.07) is 0.380. The van der Waals surface area contributed by atoms with E-state index < -0.39 is 0 Å². The van der Waals surface area contributed by atoms with Crippen LogP contribution in [-0.4, -0.2) is 16.0 Å². The van der Waals surface area contributed by atoms with Gasteiger partial charge in [-0.25, -0.2) is 4.98 Å². The average Bonchev–Trinajstić information content (AvgIpc) is 2.80. The lowest BCUT2D eigenvalue weighted by molar-refractivity contribution is 0.155. The molecule has 0 amide bonds. The first-order valence-corrected chi connectivity index (χ1v) is 7.25. The molecule has 2 aliphatic rings. The molecule has 3 rings (SSSR count). The van der Waals surface area contributed by atoms with Gasteiger partial charge in [-0.2, -0.15) is 4.98 Å². The zero-order chi connectivity index (χ0) is 13.8. The Hall–Kier alpha value is -1.03. The summed E-state index contributed by atoms with van der Waals surface area (Å²) in [6.07, 6.45) is 5.46. The molecule has 0 aliphatic heterocycles. The van der Waals surface area contributed by atoms with Gasteiger partial charge in [-0.1, -0.05) is 32.4 Å². The van der Waals surface area contributed by atoms with Crippen LogP contribution in [0.4, 0.5) is 11.8 Å². The molecule has 0 saturated heterocycles. The first-order valence-electron chi connectivity index (χ1n) is 6.87. The fraction of sp³-hybridized carbons (Fsp3) is 0.714. The van der Waals surface area contributed by atoms with Crippen LogP contribution in [-0.2, 0) is 0 Å². The number of aromatic nitrogens is 2. The molecule has 3 atom stereocenters. The highest BCUT2D eigenvalue weighted by Crippen LogP contribution is 2.63. The number of rotatable bonds is 2. The fourth-order valence-electron chi connectivity index (χ4n) is 4.28. The first-order chi connectivity index (χ1) is 8.83. The van der Waals surface area contributed by atoms with E-state index in [2.05, 4.69) is 36.1 Å². The zero-order valence-electron chi connectivity index (χ0n) is 11.7. The van der Waals surface area contributed by atoms with Crippen molar-refractivity contribution in [3.8, 4) is 0 Å². The van der Waals surface area contributed by atoms with Crippen LogP contribution < -0.4 is 11.1 Å². The normalized spacial score (nSPS) is 35.6. The molecule has 0 radical (unpaired) electrons. The summed E-state index contributed by atoms with van der Waals surface area (Å²) >= 11 is 6.17. The van der Waals surface area contributed by atoms with Crippen LogP contribution in [0, 0.1) is 16.7 Å². The largest absolute Gasteiger partial charge is 0.368 e. The minimum Gasteiger partial charge on any atom is -0.368 e. The van der Waals surface area contributed by atoms with Gasteiger partial charge in [0.2, 0.25) is 5.95 Å². The lowest BCUT2D eigenvalue weighted by atomic mass is 9.68. The molecular formula is C14H21ClN4. The lowest BCUT2D eigenvalue weighted by Crippen LogP contribution is -2.46. The molecule has 1 aromatic rings. The van der Waals surface area contributed by atoms with Crippen molar-refractivity contribution in [2.75, 3.05) is 11.1 Å². The molecule has 1 heterocycles. The second-order valence-electron chi connectivity index (χ2n) is 6.92. The van der Waals surface area contributed by atoms with Crippen molar-refractivity contribution < 1.29 is 0 Å². The monoisotopic (exact) mass is 280 g/mol. The highest BCUT2D eigenvalue weighted by molar-refractivity contribution is 6.32. The van der Waals surface area contributed by atoms with Crippen molar-refractivity contribution >= 4 is 23.4 Å². The maximum absolute atomic E-state index is 6.17. The number of hydrogen-bond acceptors (Lipinski definition) is 4. The van der Waals surface area contributed by atoms with E-state index in [-0.39, 0.29) is 11.4 Å². The number of nitrogen functional groups attached to an aromatic ring is 1. The molecule has 3 N–H and O–H groups in total. The van der Waals surface area contributed by atoms with Crippen molar-refractivity contribution in [1.29, 1.82) is 0 Å². The molecule has 2 aliphatic carbocycles. The van der Waals surface area contributed by atoms with Crippen LogP contribution in [0.5, 0.6) is 0 Å². The summed E-state index contributed by atoms with van der Waals surface area (Å²) in [5.41, 5.74) is 6.25. The topological polar surface area (TPSA) is 63.8 Å². The fourth-order valence-corrected chi connectivity index (χ4v) is 4.43. The summed E-state index contributed by atoms with van der Waals surface area (Å²) in [4.78, 5) is 8.15. The first kappa shape index (κ1) is 13.0. The summed E-state index contributed by atoms with van der Waals surface area (Å²) in [6.45, 7) is 7.06. The molecule has 1 aromatic heterocycles. The van der Waals surface area contributed by atoms with Gasteiger partial charge in [-0.15, -0.1) is 0 Å². The van der Waals surface area contributed by atoms with Gasteiger partial charge >= 0.3 is 0 Å². The van der Waals surface area contributed by atoms with Crippen molar-refractivity contribution in [2.45, 2.75) is 46.1 Å². The summed E-state index contributed by atoms with van der Waals surface area (Å²) in [5.74, 6) is 1.71. The Morgan fingerprint density at radius 2 is 2.16 bits per heavy atom. The van der Waals surface area contributed by atoms with Gasteiger partial charge in [0.1, 0.15) is 5.02 Å². The van der Waals surface area contributed by atoms with E-state index in [1.807, 2.05) is 0 Å². The Morgan fingerprint density at radius 3 is 2.79 bits per heavy atom. The van der Waals surface area contributed by atoms with E-state index in [1.165, 1.54) is 19.3 Å². The van der Waals surface area contributed by atoms with Gasteiger partial charge in [0.25, 0.3) is 0 Å². The molecule has 0 aromatic carbocycles. The third-order valence-electron chi connectivity index (χ3n) is 5.31. The van der Waals surface area contributed by atoms with Crippen LogP contribution in [0.2, 0.25) is 5.02 Å². The summed E-state index contributed by atoms with van der Waals surface area (Å²) in [7, 11) is 0. The van der Waals surface area contributed by atoms with Crippen LogP contribution in [0.15, 0.2) is 6.20 Å². The Labute approximate surface area is 119 Å². The molecule has 3 unspecified atom stereocenters. The Kier molecular flexibility index (Phi) is 2.72. The highest BCUT2D eigenvalue weighted by Gasteiger charge is 2.59. The van der Waals surface area contributed by atoms with Crippen LogP contribution in [0.25, 0.3) is 0 Å². The predicted octanol–water partition coefficient (Wildman–Crippen LogP) is 3.34. The number of nitrogens with zero attached hydrogens (tertiary/aromatic N) is 2. The third kappa shape index (κ3) is 1.88. The second kappa shape index (κ2) is 3.98. The Balaban J connectivity index is 1.92. The van der Waals surface area contributed by atoms with Gasteiger partial charge in [0.15, 0.2) is 5.82 Å². The van der Waals surface area contributed by atoms with E-state index >= 15 is 0 Å². The number of halogens is 1. The molecule has 2 fully saturated rings. The molecule has 2 saturated carbocycles. The van der Waals surface area contributed by atoms with E-state index in [0.29, 0.717) is 22.3 Å². The van der Waals surface area contributed by atoms with E-state index in [9.17, 15) is 0 Å². The van der Waals surface area contributed by atoms with Gasteiger partial charge in [-0.05, 0) is 36.0 Å². The number of hydrogen-bond donors (Lipinski definition) is 2. The van der Waals surface area contributed by atoms with E-state index in [1.54, 1.807) is 6.20 Å². The van der Waals surface area contributed by atoms with Gasteiger partial charge < -0.3 is 11.1 Å². The van der Waals surface area contributed by atoms with Crippen molar-refractivity contribution in [3.63, 3.8) is 0 Å². The second-order valence-corrected chi connectivity index (χ2v) is 7.32. The molecule has 4 nitrogen and oxygen atoms in total. The molecule has 0 spiro atoms.